The van der Waals surface area contributed by atoms with Crippen molar-refractivity contribution in [3.63, 3.8) is 0 Å². The fraction of sp³-hybridized carbons (Fsp3) is 0.207. The smallest absolute Gasteiger partial charge is 0.272 e. The summed E-state index contributed by atoms with van der Waals surface area (Å²) in [6.07, 6.45) is 5.45. The number of nitrogens with zero attached hydrogens (tertiary/aromatic N) is 8. The number of hydrogen-bond donors (Lipinski definition) is 2. The fourth-order valence-corrected chi connectivity index (χ4v) is 4.00. The van der Waals surface area contributed by atoms with Gasteiger partial charge in [0.2, 0.25) is 0 Å². The summed E-state index contributed by atoms with van der Waals surface area (Å²) in [7, 11) is 1.85. The molecule has 0 aliphatic carbocycles. The van der Waals surface area contributed by atoms with Crippen LogP contribution < -0.4 is 17.0 Å². The number of fused-ring (bicyclic) bond motifs is 2. The molecule has 214 valence electrons. The van der Waals surface area contributed by atoms with Crippen molar-refractivity contribution >= 4 is 28.5 Å². The van der Waals surface area contributed by atoms with Crippen LogP contribution in [0, 0.1) is 18.8 Å². The van der Waals surface area contributed by atoms with Gasteiger partial charge in [-0.3, -0.25) is 18.8 Å². The summed E-state index contributed by atoms with van der Waals surface area (Å²) in [5.41, 5.74) is 13.8. The molecule has 13 heteroatoms. The number of benzene rings is 1. The molecule has 0 saturated heterocycles. The molecule has 5 aromatic heterocycles. The zero-order valence-corrected chi connectivity index (χ0v) is 23.9. The Hall–Kier alpha value is -5.77. The van der Waals surface area contributed by atoms with Crippen molar-refractivity contribution in [1.82, 2.24) is 39.1 Å². The van der Waals surface area contributed by atoms with Crippen molar-refractivity contribution in [3.05, 3.63) is 93.7 Å². The van der Waals surface area contributed by atoms with Gasteiger partial charge in [0.1, 0.15) is 16.8 Å². The second-order valence-corrected chi connectivity index (χ2v) is 8.60. The monoisotopic (exact) mass is 566 g/mol. The molecule has 5 heterocycles. The van der Waals surface area contributed by atoms with Crippen LogP contribution in [0.2, 0.25) is 0 Å². The molecule has 42 heavy (non-hydrogen) atoms. The molecule has 6 aromatic rings. The first-order valence-corrected chi connectivity index (χ1v) is 13.2. The fourth-order valence-electron chi connectivity index (χ4n) is 4.00. The predicted molar refractivity (Wildman–Crippen MR) is 158 cm³/mol. The summed E-state index contributed by atoms with van der Waals surface area (Å²) in [4.78, 5) is 32.6. The molecule has 0 aliphatic rings. The third-order valence-electron chi connectivity index (χ3n) is 6.13. The van der Waals surface area contributed by atoms with Gasteiger partial charge < -0.3 is 16.0 Å². The van der Waals surface area contributed by atoms with Gasteiger partial charge in [-0.1, -0.05) is 50.0 Å². The normalized spacial score (nSPS) is 10.3. The van der Waals surface area contributed by atoms with Crippen molar-refractivity contribution in [1.29, 1.82) is 0 Å². The van der Waals surface area contributed by atoms with Gasteiger partial charge >= 0.3 is 0 Å². The van der Waals surface area contributed by atoms with Crippen molar-refractivity contribution in [3.8, 4) is 17.5 Å². The number of rotatable bonds is 3. The van der Waals surface area contributed by atoms with E-state index in [2.05, 4.69) is 37.2 Å². The average Bonchev–Trinajstić information content (AvgIpc) is 3.67. The van der Waals surface area contributed by atoms with Crippen LogP contribution in [0.1, 0.15) is 53.9 Å². The number of carbonyl (C=O) groups is 1. The molecule has 6 rings (SSSR count). The molecule has 1 aromatic carbocycles. The van der Waals surface area contributed by atoms with E-state index >= 15 is 0 Å². The van der Waals surface area contributed by atoms with Crippen LogP contribution in [-0.2, 0) is 13.5 Å². The minimum atomic E-state index is -0.619. The summed E-state index contributed by atoms with van der Waals surface area (Å²) < 4.78 is 10.0. The van der Waals surface area contributed by atoms with Gasteiger partial charge in [0, 0.05) is 25.9 Å². The number of aromatic nitrogens is 8. The van der Waals surface area contributed by atoms with Gasteiger partial charge in [-0.25, -0.2) is 9.50 Å². The maximum atomic E-state index is 13.2. The van der Waals surface area contributed by atoms with E-state index in [1.807, 2.05) is 65.1 Å². The number of aryl methyl sites for hydroxylation is 2. The van der Waals surface area contributed by atoms with Crippen LogP contribution in [0.25, 0.3) is 22.4 Å². The molecule has 13 nitrogen and oxygen atoms in total. The highest BCUT2D eigenvalue weighted by Gasteiger charge is 2.19. The SMILES string of the molecule is CC.CCc1nc2onc(C#Cc3cnn(C)c3C)c2c(=O)n1-c1ccccc1.NC(=O)c1c(N)nn2cccnc12. The molecule has 0 aliphatic heterocycles. The van der Waals surface area contributed by atoms with Crippen molar-refractivity contribution in [2.45, 2.75) is 34.1 Å². The maximum Gasteiger partial charge on any atom is 0.272 e. The lowest BCUT2D eigenvalue weighted by molar-refractivity contribution is 0.100. The molecule has 0 radical (unpaired) electrons. The zero-order chi connectivity index (χ0) is 30.4. The van der Waals surface area contributed by atoms with Crippen LogP contribution >= 0.6 is 0 Å². The Morgan fingerprint density at radius 1 is 1.12 bits per heavy atom. The average molecular weight is 567 g/mol. The number of anilines is 1. The number of nitrogen functional groups attached to an aromatic ring is 1. The van der Waals surface area contributed by atoms with Gasteiger partial charge in [0.25, 0.3) is 17.2 Å². The molecule has 0 bridgehead atoms. The Bertz CT molecular complexity index is 1990. The minimum absolute atomic E-state index is 0.103. The van der Waals surface area contributed by atoms with Gasteiger partial charge in [-0.05, 0) is 31.0 Å². The second-order valence-electron chi connectivity index (χ2n) is 8.60. The number of amides is 1. The largest absolute Gasteiger partial charge is 0.381 e. The van der Waals surface area contributed by atoms with E-state index in [0.29, 0.717) is 17.9 Å². The summed E-state index contributed by atoms with van der Waals surface area (Å²) in [6, 6.07) is 11.1. The van der Waals surface area contributed by atoms with Gasteiger partial charge in [0.15, 0.2) is 17.2 Å². The Morgan fingerprint density at radius 3 is 2.50 bits per heavy atom. The molecule has 0 fully saturated rings. The van der Waals surface area contributed by atoms with E-state index in [4.69, 9.17) is 16.0 Å². The third kappa shape index (κ3) is 5.59. The van der Waals surface area contributed by atoms with Gasteiger partial charge in [0.05, 0.1) is 23.1 Å². The molecule has 0 unspecified atom stereocenters. The predicted octanol–water partition coefficient (Wildman–Crippen LogP) is 2.81. The van der Waals surface area contributed by atoms with Gasteiger partial charge in [-0.15, -0.1) is 5.10 Å². The van der Waals surface area contributed by atoms with Crippen LogP contribution in [0.15, 0.2) is 64.3 Å². The van der Waals surface area contributed by atoms with E-state index in [-0.39, 0.29) is 33.7 Å². The summed E-state index contributed by atoms with van der Waals surface area (Å²) in [6.45, 7) is 7.87. The van der Waals surface area contributed by atoms with Crippen LogP contribution in [0.3, 0.4) is 0 Å². The van der Waals surface area contributed by atoms with E-state index in [1.165, 1.54) is 4.52 Å². The quantitative estimate of drug-likeness (QED) is 0.305. The van der Waals surface area contributed by atoms with Crippen molar-refractivity contribution < 1.29 is 9.32 Å². The Morgan fingerprint density at radius 2 is 1.86 bits per heavy atom. The number of carbonyl (C=O) groups excluding carboxylic acids is 1. The van der Waals surface area contributed by atoms with Gasteiger partial charge in [-0.2, -0.15) is 10.1 Å². The summed E-state index contributed by atoms with van der Waals surface area (Å²) in [5.74, 6) is 6.04. The lowest BCUT2D eigenvalue weighted by atomic mass is 10.2. The van der Waals surface area contributed by atoms with Crippen molar-refractivity contribution in [2.24, 2.45) is 12.8 Å². The maximum absolute atomic E-state index is 13.2. The molecule has 4 N–H and O–H groups in total. The standard InChI is InChI=1S/C20H17N5O2.C7H7N5O.C2H6/c1-4-17-22-19-18(20(26)25(17)15-8-6-5-7-9-15)16(23-27-19)11-10-14-12-21-24(3)13(14)2;8-5-4(6(9)13)7-10-2-1-3-12(7)11-5;1-2/h5-9,12H,4H2,1-3H3;1-3H,(H2,8,11)(H2,9,13);1-2H3. The third-order valence-corrected chi connectivity index (χ3v) is 6.13. The van der Waals surface area contributed by atoms with Crippen LogP contribution in [0.5, 0.6) is 0 Å². The highest BCUT2D eigenvalue weighted by atomic mass is 16.5. The highest BCUT2D eigenvalue weighted by molar-refractivity contribution is 6.03. The van der Waals surface area contributed by atoms with E-state index in [9.17, 15) is 9.59 Å². The number of nitrogens with two attached hydrogens (primary N) is 2. The summed E-state index contributed by atoms with van der Waals surface area (Å²) in [5, 5.41) is 12.3. The van der Waals surface area contributed by atoms with Crippen LogP contribution in [0.4, 0.5) is 5.82 Å². The highest BCUT2D eigenvalue weighted by Crippen LogP contribution is 2.17. The Kier molecular flexibility index (Phi) is 8.77. The minimum Gasteiger partial charge on any atom is -0.381 e. The summed E-state index contributed by atoms with van der Waals surface area (Å²) >= 11 is 0. The topological polar surface area (TPSA) is 178 Å². The molecular formula is C29H30N10O3. The first-order chi connectivity index (χ1) is 20.3. The lowest BCUT2D eigenvalue weighted by Gasteiger charge is -2.10. The Labute approximate surface area is 240 Å². The molecule has 0 spiro atoms. The molecule has 0 atom stereocenters. The molecular weight excluding hydrogens is 536 g/mol. The number of hydrogen-bond acceptors (Lipinski definition) is 9. The van der Waals surface area contributed by atoms with E-state index in [0.717, 1.165) is 16.9 Å². The Balaban J connectivity index is 0.000000226. The van der Waals surface area contributed by atoms with E-state index < -0.39 is 5.91 Å². The first-order valence-electron chi connectivity index (χ1n) is 13.2. The van der Waals surface area contributed by atoms with E-state index in [1.54, 1.807) is 33.9 Å². The second kappa shape index (κ2) is 12.6. The molecule has 1 amide bonds. The zero-order valence-electron chi connectivity index (χ0n) is 23.9. The first kappa shape index (κ1) is 29.2. The molecule has 0 saturated carbocycles. The lowest BCUT2D eigenvalue weighted by Crippen LogP contribution is -2.23. The number of primary amides is 1. The number of para-hydroxylation sites is 1. The van der Waals surface area contributed by atoms with Crippen LogP contribution in [-0.4, -0.2) is 45.0 Å². The van der Waals surface area contributed by atoms with Crippen molar-refractivity contribution in [2.75, 3.05) is 5.73 Å².